The van der Waals surface area contributed by atoms with E-state index in [2.05, 4.69) is 19.1 Å². The Bertz CT molecular complexity index is 715. The van der Waals surface area contributed by atoms with Crippen molar-refractivity contribution in [1.82, 2.24) is 0 Å². The zero-order chi connectivity index (χ0) is 18.4. The molecule has 0 unspecified atom stereocenters. The predicted octanol–water partition coefficient (Wildman–Crippen LogP) is 5.40. The van der Waals surface area contributed by atoms with E-state index in [1.54, 1.807) is 0 Å². The monoisotopic (exact) mass is 340 g/mol. The summed E-state index contributed by atoms with van der Waals surface area (Å²) in [5.41, 5.74) is 2.91. The minimum absolute atomic E-state index is 0.205. The van der Waals surface area contributed by atoms with Crippen LogP contribution in [0.5, 0.6) is 11.5 Å². The van der Waals surface area contributed by atoms with Crippen molar-refractivity contribution >= 4 is 5.97 Å². The molecule has 0 aromatic heterocycles. The number of hydrogen-bond acceptors (Lipinski definition) is 3. The normalized spacial score (nSPS) is 11.2. The Morgan fingerprint density at radius 1 is 0.960 bits per heavy atom. The summed E-state index contributed by atoms with van der Waals surface area (Å²) in [7, 11) is 0. The molecule has 0 atom stereocenters. The van der Waals surface area contributed by atoms with Gasteiger partial charge in [0, 0.05) is 0 Å². The van der Waals surface area contributed by atoms with Gasteiger partial charge in [-0.25, -0.2) is 0 Å². The molecule has 2 aromatic rings. The summed E-state index contributed by atoms with van der Waals surface area (Å²) in [5.74, 6) is 1.30. The third kappa shape index (κ3) is 5.63. The Labute approximate surface area is 151 Å². The fraction of sp³-hybridized carbons (Fsp3) is 0.409. The van der Waals surface area contributed by atoms with E-state index in [4.69, 9.17) is 9.47 Å². The molecule has 0 saturated heterocycles. The lowest BCUT2D eigenvalue weighted by atomic mass is 9.88. The van der Waals surface area contributed by atoms with E-state index in [-0.39, 0.29) is 5.97 Å². The van der Waals surface area contributed by atoms with Crippen LogP contribution in [0.1, 0.15) is 43.4 Å². The maximum Gasteiger partial charge on any atom is 0.316 e. The Hall–Kier alpha value is -2.29. The number of carbonyl (C=O) groups is 1. The molecule has 0 aliphatic carbocycles. The lowest BCUT2D eigenvalue weighted by Gasteiger charge is -2.22. The molecular formula is C22H28O3. The minimum Gasteiger partial charge on any atom is -0.493 e. The first-order chi connectivity index (χ1) is 11.8. The highest BCUT2D eigenvalue weighted by molar-refractivity contribution is 5.78. The molecule has 0 amide bonds. The van der Waals surface area contributed by atoms with Gasteiger partial charge in [0.15, 0.2) is 0 Å². The van der Waals surface area contributed by atoms with E-state index >= 15 is 0 Å². The molecule has 3 nitrogen and oxygen atoms in total. The van der Waals surface area contributed by atoms with Gasteiger partial charge in [-0.1, -0.05) is 29.8 Å². The highest BCUT2D eigenvalue weighted by Crippen LogP contribution is 2.26. The summed E-state index contributed by atoms with van der Waals surface area (Å²) in [6.45, 7) is 10.5. The summed E-state index contributed by atoms with van der Waals surface area (Å²) >= 11 is 0. The van der Waals surface area contributed by atoms with Crippen molar-refractivity contribution in [2.45, 2.75) is 47.5 Å². The molecule has 0 aliphatic heterocycles. The number of aryl methyl sites for hydroxylation is 3. The van der Waals surface area contributed by atoms with E-state index in [1.165, 1.54) is 5.56 Å². The molecule has 0 aliphatic rings. The summed E-state index contributed by atoms with van der Waals surface area (Å²) in [4.78, 5) is 12.4. The number of carbonyl (C=O) groups excluding carboxylic acids is 1. The number of rotatable bonds is 7. The van der Waals surface area contributed by atoms with Crippen molar-refractivity contribution < 1.29 is 14.3 Å². The SMILES string of the molecule is Cc1ccc(OC(=O)C(C)(C)CCCOc2cc(C)ccc2C)cc1. The van der Waals surface area contributed by atoms with Gasteiger partial charge in [0.05, 0.1) is 12.0 Å². The molecule has 2 rings (SSSR count). The van der Waals surface area contributed by atoms with Crippen molar-refractivity contribution in [1.29, 1.82) is 0 Å². The summed E-state index contributed by atoms with van der Waals surface area (Å²) < 4.78 is 11.4. The van der Waals surface area contributed by atoms with Gasteiger partial charge in [-0.2, -0.15) is 0 Å². The molecular weight excluding hydrogens is 312 g/mol. The second-order valence-corrected chi connectivity index (χ2v) is 7.31. The molecule has 134 valence electrons. The van der Waals surface area contributed by atoms with E-state index in [9.17, 15) is 4.79 Å². The molecule has 0 saturated carbocycles. The highest BCUT2D eigenvalue weighted by Gasteiger charge is 2.29. The molecule has 0 N–H and O–H groups in total. The van der Waals surface area contributed by atoms with Crippen molar-refractivity contribution in [3.05, 3.63) is 59.2 Å². The van der Waals surface area contributed by atoms with Crippen LogP contribution in [0.4, 0.5) is 0 Å². The topological polar surface area (TPSA) is 35.5 Å². The molecule has 0 fully saturated rings. The Kier molecular flexibility index (Phi) is 6.24. The van der Waals surface area contributed by atoms with Crippen molar-refractivity contribution in [2.24, 2.45) is 5.41 Å². The van der Waals surface area contributed by atoms with Crippen LogP contribution in [0.3, 0.4) is 0 Å². The maximum atomic E-state index is 12.4. The first kappa shape index (κ1) is 19.0. The van der Waals surface area contributed by atoms with Gasteiger partial charge in [0.25, 0.3) is 0 Å². The van der Waals surface area contributed by atoms with Gasteiger partial charge in [0.1, 0.15) is 11.5 Å². The third-order valence-corrected chi connectivity index (χ3v) is 4.33. The fourth-order valence-corrected chi connectivity index (χ4v) is 2.51. The van der Waals surface area contributed by atoms with Crippen LogP contribution in [-0.2, 0) is 4.79 Å². The zero-order valence-electron chi connectivity index (χ0n) is 15.9. The maximum absolute atomic E-state index is 12.4. The standard InChI is InChI=1S/C22H28O3/c1-16-8-11-19(12-9-16)25-21(23)22(4,5)13-6-14-24-20-15-17(2)7-10-18(20)3/h7-12,15H,6,13-14H2,1-5H3. The zero-order valence-corrected chi connectivity index (χ0v) is 15.9. The Balaban J connectivity index is 1.82. The number of benzene rings is 2. The molecule has 0 bridgehead atoms. The van der Waals surface area contributed by atoms with Crippen LogP contribution in [-0.4, -0.2) is 12.6 Å². The lowest BCUT2D eigenvalue weighted by molar-refractivity contribution is -0.144. The Morgan fingerprint density at radius 2 is 1.60 bits per heavy atom. The van der Waals surface area contributed by atoms with E-state index < -0.39 is 5.41 Å². The molecule has 25 heavy (non-hydrogen) atoms. The second-order valence-electron chi connectivity index (χ2n) is 7.31. The predicted molar refractivity (Wildman–Crippen MR) is 101 cm³/mol. The fourth-order valence-electron chi connectivity index (χ4n) is 2.51. The molecule has 0 spiro atoms. The van der Waals surface area contributed by atoms with Crippen LogP contribution in [0.25, 0.3) is 0 Å². The first-order valence-corrected chi connectivity index (χ1v) is 8.77. The van der Waals surface area contributed by atoms with E-state index in [1.807, 2.05) is 58.0 Å². The number of esters is 1. The van der Waals surface area contributed by atoms with Crippen molar-refractivity contribution in [3.8, 4) is 11.5 Å². The molecule has 3 heteroatoms. The van der Waals surface area contributed by atoms with Crippen LogP contribution < -0.4 is 9.47 Å². The molecule has 0 radical (unpaired) electrons. The number of hydrogen-bond donors (Lipinski definition) is 0. The number of ether oxygens (including phenoxy) is 2. The Morgan fingerprint density at radius 3 is 2.28 bits per heavy atom. The molecule has 2 aromatic carbocycles. The van der Waals surface area contributed by atoms with Gasteiger partial charge in [0.2, 0.25) is 0 Å². The smallest absolute Gasteiger partial charge is 0.316 e. The van der Waals surface area contributed by atoms with Gasteiger partial charge in [-0.3, -0.25) is 4.79 Å². The van der Waals surface area contributed by atoms with Crippen LogP contribution in [0.15, 0.2) is 42.5 Å². The highest BCUT2D eigenvalue weighted by atomic mass is 16.5. The van der Waals surface area contributed by atoms with Gasteiger partial charge >= 0.3 is 5.97 Å². The van der Waals surface area contributed by atoms with Crippen LogP contribution in [0.2, 0.25) is 0 Å². The summed E-state index contributed by atoms with van der Waals surface area (Å²) in [5, 5.41) is 0. The summed E-state index contributed by atoms with van der Waals surface area (Å²) in [6.07, 6.45) is 1.51. The second kappa shape index (κ2) is 8.19. The van der Waals surface area contributed by atoms with Gasteiger partial charge < -0.3 is 9.47 Å². The van der Waals surface area contributed by atoms with Gasteiger partial charge in [-0.05, 0) is 76.8 Å². The van der Waals surface area contributed by atoms with E-state index in [0.29, 0.717) is 18.8 Å². The van der Waals surface area contributed by atoms with E-state index in [0.717, 1.165) is 23.3 Å². The first-order valence-electron chi connectivity index (χ1n) is 8.77. The van der Waals surface area contributed by atoms with Gasteiger partial charge in [-0.15, -0.1) is 0 Å². The summed E-state index contributed by atoms with van der Waals surface area (Å²) in [6, 6.07) is 13.7. The van der Waals surface area contributed by atoms with Crippen LogP contribution in [0, 0.1) is 26.2 Å². The third-order valence-electron chi connectivity index (χ3n) is 4.33. The van der Waals surface area contributed by atoms with Crippen LogP contribution >= 0.6 is 0 Å². The average molecular weight is 340 g/mol. The van der Waals surface area contributed by atoms with Crippen molar-refractivity contribution in [2.75, 3.05) is 6.61 Å². The minimum atomic E-state index is -0.546. The molecule has 0 heterocycles. The van der Waals surface area contributed by atoms with Crippen molar-refractivity contribution in [3.63, 3.8) is 0 Å². The largest absolute Gasteiger partial charge is 0.493 e. The quantitative estimate of drug-likeness (QED) is 0.384. The average Bonchev–Trinajstić information content (AvgIpc) is 2.56. The lowest BCUT2D eigenvalue weighted by Crippen LogP contribution is -2.29.